The van der Waals surface area contributed by atoms with E-state index in [-0.39, 0.29) is 19.5 Å². The molecule has 0 aromatic heterocycles. The zero-order chi connectivity index (χ0) is 13.2. The van der Waals surface area contributed by atoms with Gasteiger partial charge in [-0.15, -0.1) is 0 Å². The third kappa shape index (κ3) is 4.20. The van der Waals surface area contributed by atoms with Gasteiger partial charge in [0, 0.05) is 12.5 Å². The number of aliphatic carboxylic acids is 1. The van der Waals surface area contributed by atoms with E-state index in [0.717, 1.165) is 0 Å². The minimum atomic E-state index is -1.29. The molecule has 0 aromatic rings. The lowest BCUT2D eigenvalue weighted by Crippen LogP contribution is -2.35. The number of likely N-dealkylation sites (tertiary alicyclic amines) is 1. The van der Waals surface area contributed by atoms with Crippen molar-refractivity contribution < 1.29 is 23.8 Å². The lowest BCUT2D eigenvalue weighted by atomic mass is 10.0. The Balaban J connectivity index is 2.53. The number of hydrogen-bond donors (Lipinski definition) is 1. The van der Waals surface area contributed by atoms with Gasteiger partial charge in [0.1, 0.15) is 11.8 Å². The van der Waals surface area contributed by atoms with Crippen molar-refractivity contribution in [3.8, 4) is 0 Å². The summed E-state index contributed by atoms with van der Waals surface area (Å²) < 4.78 is 18.6. The second-order valence-electron chi connectivity index (χ2n) is 5.26. The van der Waals surface area contributed by atoms with E-state index in [9.17, 15) is 14.0 Å². The van der Waals surface area contributed by atoms with Crippen LogP contribution in [0.2, 0.25) is 0 Å². The Labute approximate surface area is 99.5 Å². The standard InChI is InChI=1S/C11H18FNO4/c1-11(2,3)17-10(16)13-5-7(4-9(14)15)8(12)6-13/h7-8H,4-6H2,1-3H3,(H,14,15)/t7-,8-/m0/s1. The van der Waals surface area contributed by atoms with Crippen LogP contribution in [0.5, 0.6) is 0 Å². The Morgan fingerprint density at radius 3 is 2.47 bits per heavy atom. The highest BCUT2D eigenvalue weighted by Crippen LogP contribution is 2.24. The van der Waals surface area contributed by atoms with E-state index < -0.39 is 29.8 Å². The second kappa shape index (κ2) is 4.89. The summed E-state index contributed by atoms with van der Waals surface area (Å²) in [6.07, 6.45) is -2.15. The highest BCUT2D eigenvalue weighted by Gasteiger charge is 2.38. The molecule has 98 valence electrons. The normalized spacial score (nSPS) is 24.8. The van der Waals surface area contributed by atoms with Gasteiger partial charge in [-0.05, 0) is 20.8 Å². The Bertz CT molecular complexity index is 313. The second-order valence-corrected chi connectivity index (χ2v) is 5.26. The smallest absolute Gasteiger partial charge is 0.410 e. The molecule has 1 fully saturated rings. The van der Waals surface area contributed by atoms with Crippen molar-refractivity contribution in [1.29, 1.82) is 0 Å². The van der Waals surface area contributed by atoms with Crippen molar-refractivity contribution in [2.45, 2.75) is 39.0 Å². The van der Waals surface area contributed by atoms with Crippen LogP contribution in [-0.2, 0) is 9.53 Å². The summed E-state index contributed by atoms with van der Waals surface area (Å²) in [5.74, 6) is -1.69. The van der Waals surface area contributed by atoms with Gasteiger partial charge >= 0.3 is 12.1 Å². The molecule has 1 aliphatic heterocycles. The number of halogens is 1. The third-order valence-corrected chi connectivity index (χ3v) is 2.45. The van der Waals surface area contributed by atoms with Gasteiger partial charge in [-0.25, -0.2) is 9.18 Å². The van der Waals surface area contributed by atoms with Gasteiger partial charge in [0.05, 0.1) is 13.0 Å². The van der Waals surface area contributed by atoms with Gasteiger partial charge in [-0.1, -0.05) is 0 Å². The van der Waals surface area contributed by atoms with Gasteiger partial charge in [-0.2, -0.15) is 0 Å². The van der Waals surface area contributed by atoms with Crippen molar-refractivity contribution in [1.82, 2.24) is 4.90 Å². The molecule has 0 radical (unpaired) electrons. The van der Waals surface area contributed by atoms with Crippen LogP contribution in [0.25, 0.3) is 0 Å². The van der Waals surface area contributed by atoms with Crippen LogP contribution in [0.4, 0.5) is 9.18 Å². The molecule has 0 spiro atoms. The molecule has 6 heteroatoms. The van der Waals surface area contributed by atoms with Crippen LogP contribution in [0.1, 0.15) is 27.2 Å². The molecule has 1 N–H and O–H groups in total. The highest BCUT2D eigenvalue weighted by atomic mass is 19.1. The van der Waals surface area contributed by atoms with E-state index in [1.54, 1.807) is 20.8 Å². The summed E-state index contributed by atoms with van der Waals surface area (Å²) in [5, 5.41) is 8.60. The quantitative estimate of drug-likeness (QED) is 0.806. The fourth-order valence-corrected chi connectivity index (χ4v) is 1.72. The van der Waals surface area contributed by atoms with Crippen LogP contribution >= 0.6 is 0 Å². The summed E-state index contributed by atoms with van der Waals surface area (Å²) in [7, 11) is 0. The summed E-state index contributed by atoms with van der Waals surface area (Å²) in [4.78, 5) is 23.4. The number of alkyl halides is 1. The van der Waals surface area contributed by atoms with Crippen molar-refractivity contribution >= 4 is 12.1 Å². The molecule has 0 unspecified atom stereocenters. The number of amides is 1. The highest BCUT2D eigenvalue weighted by molar-refractivity contribution is 5.70. The number of nitrogens with zero attached hydrogens (tertiary/aromatic N) is 1. The minimum absolute atomic E-state index is 0.0904. The summed E-state index contributed by atoms with van der Waals surface area (Å²) in [6, 6.07) is 0. The monoisotopic (exact) mass is 247 g/mol. The summed E-state index contributed by atoms with van der Waals surface area (Å²) in [6.45, 7) is 5.18. The SMILES string of the molecule is CC(C)(C)OC(=O)N1C[C@H](CC(=O)O)[C@@H](F)C1. The Morgan fingerprint density at radius 2 is 2.00 bits per heavy atom. The first-order valence-corrected chi connectivity index (χ1v) is 5.53. The topological polar surface area (TPSA) is 66.8 Å². The molecular weight excluding hydrogens is 229 g/mol. The first-order valence-electron chi connectivity index (χ1n) is 5.53. The van der Waals surface area contributed by atoms with Crippen LogP contribution in [0.3, 0.4) is 0 Å². The zero-order valence-electron chi connectivity index (χ0n) is 10.3. The van der Waals surface area contributed by atoms with E-state index in [1.807, 2.05) is 0 Å². The van der Waals surface area contributed by atoms with Gasteiger partial charge in [-0.3, -0.25) is 4.79 Å². The number of carbonyl (C=O) groups is 2. The van der Waals surface area contributed by atoms with E-state index in [1.165, 1.54) is 4.90 Å². The fraction of sp³-hybridized carbons (Fsp3) is 0.818. The van der Waals surface area contributed by atoms with Crippen molar-refractivity contribution in [3.63, 3.8) is 0 Å². The predicted octanol–water partition coefficient (Wildman–Crippen LogP) is 1.67. The Hall–Kier alpha value is -1.33. The Kier molecular flexibility index (Phi) is 3.95. The number of carboxylic acids is 1. The van der Waals surface area contributed by atoms with Crippen LogP contribution in [-0.4, -0.2) is 46.9 Å². The molecule has 0 bridgehead atoms. The average molecular weight is 247 g/mol. The third-order valence-electron chi connectivity index (χ3n) is 2.45. The van der Waals surface area contributed by atoms with E-state index >= 15 is 0 Å². The zero-order valence-corrected chi connectivity index (χ0v) is 10.3. The maximum absolute atomic E-state index is 13.5. The van der Waals surface area contributed by atoms with Crippen LogP contribution in [0.15, 0.2) is 0 Å². The molecular formula is C11H18FNO4. The largest absolute Gasteiger partial charge is 0.481 e. The lowest BCUT2D eigenvalue weighted by Gasteiger charge is -2.24. The van der Waals surface area contributed by atoms with E-state index in [4.69, 9.17) is 9.84 Å². The Morgan fingerprint density at radius 1 is 1.41 bits per heavy atom. The molecule has 0 aromatic carbocycles. The molecule has 2 atom stereocenters. The molecule has 0 aliphatic carbocycles. The van der Waals surface area contributed by atoms with Gasteiger partial charge in [0.2, 0.25) is 0 Å². The number of ether oxygens (including phenoxy) is 1. The van der Waals surface area contributed by atoms with Crippen molar-refractivity contribution in [2.24, 2.45) is 5.92 Å². The molecule has 1 heterocycles. The molecule has 1 aliphatic rings. The first-order chi connectivity index (χ1) is 7.69. The van der Waals surface area contributed by atoms with Crippen LogP contribution in [0, 0.1) is 5.92 Å². The fourth-order valence-electron chi connectivity index (χ4n) is 1.72. The summed E-state index contributed by atoms with van der Waals surface area (Å²) in [5.41, 5.74) is -0.631. The summed E-state index contributed by atoms with van der Waals surface area (Å²) >= 11 is 0. The van der Waals surface area contributed by atoms with Crippen molar-refractivity contribution in [2.75, 3.05) is 13.1 Å². The maximum atomic E-state index is 13.5. The molecule has 1 amide bonds. The van der Waals surface area contributed by atoms with Gasteiger partial charge in [0.15, 0.2) is 0 Å². The predicted molar refractivity (Wildman–Crippen MR) is 58.4 cm³/mol. The molecule has 5 nitrogen and oxygen atoms in total. The number of carboxylic acid groups (broad SMARTS) is 1. The van der Waals surface area contributed by atoms with Crippen LogP contribution < -0.4 is 0 Å². The minimum Gasteiger partial charge on any atom is -0.481 e. The first kappa shape index (κ1) is 13.7. The molecule has 17 heavy (non-hydrogen) atoms. The molecule has 1 saturated heterocycles. The molecule has 0 saturated carbocycles. The number of hydrogen-bond acceptors (Lipinski definition) is 3. The van der Waals surface area contributed by atoms with Gasteiger partial charge in [0.25, 0.3) is 0 Å². The lowest BCUT2D eigenvalue weighted by molar-refractivity contribution is -0.138. The van der Waals surface area contributed by atoms with E-state index in [0.29, 0.717) is 0 Å². The average Bonchev–Trinajstić information content (AvgIpc) is 2.44. The van der Waals surface area contributed by atoms with Gasteiger partial charge < -0.3 is 14.7 Å². The number of rotatable bonds is 2. The van der Waals surface area contributed by atoms with E-state index in [2.05, 4.69) is 0 Å². The van der Waals surface area contributed by atoms with Crippen molar-refractivity contribution in [3.05, 3.63) is 0 Å². The maximum Gasteiger partial charge on any atom is 0.410 e. The molecule has 1 rings (SSSR count). The number of carbonyl (C=O) groups excluding carboxylic acids is 1.